The normalized spacial score (nSPS) is 19.9. The quantitative estimate of drug-likeness (QED) is 0.661. The lowest BCUT2D eigenvalue weighted by atomic mass is 9.98. The summed E-state index contributed by atoms with van der Waals surface area (Å²) in [5, 5.41) is 19.8. The molecule has 98 valence electrons. The molecule has 1 aliphatic heterocycles. The van der Waals surface area contributed by atoms with Crippen molar-refractivity contribution < 1.29 is 14.4 Å². The van der Waals surface area contributed by atoms with Crippen molar-refractivity contribution in [2.24, 2.45) is 5.92 Å². The lowest BCUT2D eigenvalue weighted by molar-refractivity contribution is -0.385. The summed E-state index contributed by atoms with van der Waals surface area (Å²) in [6, 6.07) is 3.59. The van der Waals surface area contributed by atoms with Crippen LogP contribution >= 0.6 is 0 Å². The van der Waals surface area contributed by atoms with Crippen LogP contribution in [0.1, 0.15) is 12.8 Å². The van der Waals surface area contributed by atoms with Crippen LogP contribution in [0.5, 0.6) is 0 Å². The number of anilines is 1. The zero-order valence-corrected chi connectivity index (χ0v) is 9.88. The summed E-state index contributed by atoms with van der Waals surface area (Å²) in [6.07, 6.45) is 1.83. The average molecular weight is 254 g/mol. The fourth-order valence-electron chi connectivity index (χ4n) is 2.30. The van der Waals surface area contributed by atoms with Crippen LogP contribution in [-0.4, -0.2) is 29.7 Å². The molecule has 2 rings (SSSR count). The van der Waals surface area contributed by atoms with Crippen molar-refractivity contribution in [1.82, 2.24) is 0 Å². The molecule has 1 aromatic rings. The lowest BCUT2D eigenvalue weighted by Crippen LogP contribution is -2.36. The number of piperidine rings is 1. The maximum Gasteiger partial charge on any atom is 0.274 e. The summed E-state index contributed by atoms with van der Waals surface area (Å²) in [5.41, 5.74) is 0.274. The third kappa shape index (κ3) is 2.76. The topological polar surface area (TPSA) is 66.6 Å². The molecule has 0 bridgehead atoms. The molecule has 0 saturated carbocycles. The Morgan fingerprint density at radius 1 is 1.50 bits per heavy atom. The standard InChI is InChI=1S/C12H15FN2O3/c13-10-4-11(6-12(5-10)15(17)18)14-3-1-2-9(7-14)8-16/h4-6,9,16H,1-3,7-8H2. The van der Waals surface area contributed by atoms with E-state index < -0.39 is 10.7 Å². The van der Waals surface area contributed by atoms with E-state index in [4.69, 9.17) is 5.11 Å². The predicted molar refractivity (Wildman–Crippen MR) is 65.1 cm³/mol. The van der Waals surface area contributed by atoms with Gasteiger partial charge in [-0.2, -0.15) is 0 Å². The Labute approximate surface area is 104 Å². The molecule has 18 heavy (non-hydrogen) atoms. The minimum absolute atomic E-state index is 0.0912. The monoisotopic (exact) mass is 254 g/mol. The number of aliphatic hydroxyl groups is 1. The number of hydrogen-bond donors (Lipinski definition) is 1. The van der Waals surface area contributed by atoms with Gasteiger partial charge in [0.1, 0.15) is 5.82 Å². The number of non-ortho nitro benzene ring substituents is 1. The van der Waals surface area contributed by atoms with Crippen molar-refractivity contribution in [3.05, 3.63) is 34.1 Å². The molecule has 1 saturated heterocycles. The first kappa shape index (κ1) is 12.8. The Balaban J connectivity index is 2.24. The van der Waals surface area contributed by atoms with Crippen LogP contribution < -0.4 is 4.90 Å². The number of benzene rings is 1. The van der Waals surface area contributed by atoms with Gasteiger partial charge in [-0.3, -0.25) is 10.1 Å². The Morgan fingerprint density at radius 2 is 2.28 bits per heavy atom. The molecule has 0 radical (unpaired) electrons. The second kappa shape index (κ2) is 5.30. The largest absolute Gasteiger partial charge is 0.396 e. The minimum Gasteiger partial charge on any atom is -0.396 e. The second-order valence-corrected chi connectivity index (χ2v) is 4.56. The first-order valence-electron chi connectivity index (χ1n) is 5.91. The second-order valence-electron chi connectivity index (χ2n) is 4.56. The summed E-state index contributed by atoms with van der Waals surface area (Å²) in [4.78, 5) is 12.0. The number of nitro groups is 1. The van der Waals surface area contributed by atoms with Crippen molar-refractivity contribution in [2.75, 3.05) is 24.6 Å². The smallest absolute Gasteiger partial charge is 0.274 e. The molecule has 1 aliphatic rings. The maximum absolute atomic E-state index is 13.3. The highest BCUT2D eigenvalue weighted by atomic mass is 19.1. The van der Waals surface area contributed by atoms with Crippen LogP contribution in [-0.2, 0) is 0 Å². The van der Waals surface area contributed by atoms with Gasteiger partial charge in [-0.1, -0.05) is 0 Å². The summed E-state index contributed by atoms with van der Waals surface area (Å²) in [6.45, 7) is 1.43. The van der Waals surface area contributed by atoms with E-state index in [2.05, 4.69) is 0 Å². The van der Waals surface area contributed by atoms with Crippen molar-refractivity contribution in [3.63, 3.8) is 0 Å². The van der Waals surface area contributed by atoms with Crippen molar-refractivity contribution in [1.29, 1.82) is 0 Å². The number of nitro benzene ring substituents is 1. The molecule has 0 spiro atoms. The van der Waals surface area contributed by atoms with E-state index in [1.165, 1.54) is 12.1 Å². The zero-order chi connectivity index (χ0) is 13.1. The summed E-state index contributed by atoms with van der Waals surface area (Å²) >= 11 is 0. The number of aliphatic hydroxyl groups excluding tert-OH is 1. The van der Waals surface area contributed by atoms with E-state index in [9.17, 15) is 14.5 Å². The molecule has 0 amide bonds. The molecule has 6 heteroatoms. The Morgan fingerprint density at radius 3 is 2.94 bits per heavy atom. The minimum atomic E-state index is -0.606. The van der Waals surface area contributed by atoms with Gasteiger partial charge in [0.25, 0.3) is 5.69 Å². The lowest BCUT2D eigenvalue weighted by Gasteiger charge is -2.33. The van der Waals surface area contributed by atoms with Crippen LogP contribution in [0.4, 0.5) is 15.8 Å². The number of halogens is 1. The van der Waals surface area contributed by atoms with Gasteiger partial charge < -0.3 is 10.0 Å². The Hall–Kier alpha value is -1.69. The molecule has 0 aromatic heterocycles. The SMILES string of the molecule is O=[N+]([O-])c1cc(F)cc(N2CCCC(CO)C2)c1. The van der Waals surface area contributed by atoms with Gasteiger partial charge in [0.15, 0.2) is 0 Å². The fourth-order valence-corrected chi connectivity index (χ4v) is 2.30. The number of hydrogen-bond acceptors (Lipinski definition) is 4. The van der Waals surface area contributed by atoms with E-state index in [1.54, 1.807) is 0 Å². The van der Waals surface area contributed by atoms with Gasteiger partial charge in [0, 0.05) is 31.5 Å². The average Bonchev–Trinajstić information content (AvgIpc) is 2.38. The highest BCUT2D eigenvalue weighted by Crippen LogP contribution is 2.27. The molecule has 1 N–H and O–H groups in total. The van der Waals surface area contributed by atoms with Gasteiger partial charge >= 0.3 is 0 Å². The van der Waals surface area contributed by atoms with Gasteiger partial charge in [-0.15, -0.1) is 0 Å². The highest BCUT2D eigenvalue weighted by molar-refractivity contribution is 5.54. The number of rotatable bonds is 3. The first-order valence-corrected chi connectivity index (χ1v) is 5.91. The zero-order valence-electron chi connectivity index (χ0n) is 9.88. The van der Waals surface area contributed by atoms with Gasteiger partial charge in [-0.05, 0) is 24.8 Å². The Kier molecular flexibility index (Phi) is 3.76. The van der Waals surface area contributed by atoms with Crippen LogP contribution in [0, 0.1) is 21.8 Å². The summed E-state index contributed by atoms with van der Waals surface area (Å²) in [5.74, 6) is -0.452. The molecule has 0 aliphatic carbocycles. The van der Waals surface area contributed by atoms with E-state index in [0.29, 0.717) is 12.2 Å². The van der Waals surface area contributed by atoms with Crippen molar-refractivity contribution in [2.45, 2.75) is 12.8 Å². The van der Waals surface area contributed by atoms with E-state index in [0.717, 1.165) is 25.5 Å². The molecule has 1 aromatic carbocycles. The molecule has 1 unspecified atom stereocenters. The van der Waals surface area contributed by atoms with Gasteiger partial charge in [0.05, 0.1) is 11.0 Å². The fraction of sp³-hybridized carbons (Fsp3) is 0.500. The van der Waals surface area contributed by atoms with Crippen molar-refractivity contribution >= 4 is 11.4 Å². The van der Waals surface area contributed by atoms with Crippen LogP contribution in [0.15, 0.2) is 18.2 Å². The van der Waals surface area contributed by atoms with E-state index in [-0.39, 0.29) is 18.2 Å². The maximum atomic E-state index is 13.3. The van der Waals surface area contributed by atoms with Crippen LogP contribution in [0.3, 0.4) is 0 Å². The van der Waals surface area contributed by atoms with E-state index in [1.807, 2.05) is 4.90 Å². The van der Waals surface area contributed by atoms with Crippen LogP contribution in [0.2, 0.25) is 0 Å². The third-order valence-corrected chi connectivity index (χ3v) is 3.22. The summed E-state index contributed by atoms with van der Waals surface area (Å²) in [7, 11) is 0. The predicted octanol–water partition coefficient (Wildman–Crippen LogP) is 1.94. The molecule has 5 nitrogen and oxygen atoms in total. The first-order chi connectivity index (χ1) is 8.60. The van der Waals surface area contributed by atoms with Gasteiger partial charge in [-0.25, -0.2) is 4.39 Å². The highest BCUT2D eigenvalue weighted by Gasteiger charge is 2.21. The number of nitrogens with zero attached hydrogens (tertiary/aromatic N) is 2. The summed E-state index contributed by atoms with van der Waals surface area (Å²) < 4.78 is 13.3. The van der Waals surface area contributed by atoms with Crippen molar-refractivity contribution in [3.8, 4) is 0 Å². The molecule has 1 heterocycles. The molecule has 1 atom stereocenters. The third-order valence-electron chi connectivity index (χ3n) is 3.22. The molecular weight excluding hydrogens is 239 g/mol. The van der Waals surface area contributed by atoms with E-state index >= 15 is 0 Å². The van der Waals surface area contributed by atoms with Gasteiger partial charge in [0.2, 0.25) is 0 Å². The molecular formula is C12H15FN2O3. The van der Waals surface area contributed by atoms with Crippen LogP contribution in [0.25, 0.3) is 0 Å². The molecule has 1 fully saturated rings. The Bertz CT molecular complexity index is 453.